The van der Waals surface area contributed by atoms with Gasteiger partial charge in [0.2, 0.25) is 0 Å². The molecule has 2 aromatic rings. The van der Waals surface area contributed by atoms with Gasteiger partial charge in [0.1, 0.15) is 5.82 Å². The molecule has 1 saturated carbocycles. The largest absolute Gasteiger partial charge is 0.330 e. The summed E-state index contributed by atoms with van der Waals surface area (Å²) in [6.07, 6.45) is 2.81. The lowest BCUT2D eigenvalue weighted by Crippen LogP contribution is -2.34. The van der Waals surface area contributed by atoms with Crippen LogP contribution in [0.5, 0.6) is 0 Å². The monoisotopic (exact) mass is 350 g/mol. The summed E-state index contributed by atoms with van der Waals surface area (Å²) in [5.41, 5.74) is 3.03. The first-order valence-corrected chi connectivity index (χ1v) is 8.05. The summed E-state index contributed by atoms with van der Waals surface area (Å²) in [4.78, 5) is 14.7. The van der Waals surface area contributed by atoms with Crippen LogP contribution in [0.4, 0.5) is 4.39 Å². The first-order valence-electron chi connectivity index (χ1n) is 8.05. The molecule has 1 aliphatic heterocycles. The molecule has 24 heavy (non-hydrogen) atoms. The molecule has 2 aliphatic rings. The van der Waals surface area contributed by atoms with Crippen molar-refractivity contribution in [1.82, 2.24) is 20.4 Å². The minimum Gasteiger partial charge on any atom is -0.330 e. The molecule has 0 radical (unpaired) electrons. The van der Waals surface area contributed by atoms with Gasteiger partial charge in [0.25, 0.3) is 5.91 Å². The van der Waals surface area contributed by atoms with E-state index in [2.05, 4.69) is 15.5 Å². The van der Waals surface area contributed by atoms with Crippen LogP contribution in [-0.4, -0.2) is 33.6 Å². The topological polar surface area (TPSA) is 61.0 Å². The quantitative estimate of drug-likeness (QED) is 0.890. The number of carbonyl (C=O) groups excluding carboxylic acids is 1. The fourth-order valence-corrected chi connectivity index (χ4v) is 3.10. The third-order valence-electron chi connectivity index (χ3n) is 4.56. The predicted molar refractivity (Wildman–Crippen MR) is 90.5 cm³/mol. The Kier molecular flexibility index (Phi) is 4.87. The van der Waals surface area contributed by atoms with Crippen LogP contribution in [0.2, 0.25) is 0 Å². The van der Waals surface area contributed by atoms with E-state index in [0.717, 1.165) is 37.1 Å². The molecule has 0 saturated heterocycles. The summed E-state index contributed by atoms with van der Waals surface area (Å²) in [7, 11) is 0. The maximum atomic E-state index is 13.9. The van der Waals surface area contributed by atoms with Crippen LogP contribution in [0, 0.1) is 5.82 Å². The Bertz CT molecular complexity index is 744. The molecular weight excluding hydrogens is 331 g/mol. The number of H-pyrrole nitrogens is 1. The molecule has 0 bridgehead atoms. The van der Waals surface area contributed by atoms with Crippen LogP contribution in [0.15, 0.2) is 24.3 Å². The maximum absolute atomic E-state index is 13.9. The Hall–Kier alpha value is -1.92. The minimum absolute atomic E-state index is 0. The molecule has 1 amide bonds. The van der Waals surface area contributed by atoms with Gasteiger partial charge >= 0.3 is 0 Å². The number of benzene rings is 1. The van der Waals surface area contributed by atoms with E-state index in [1.807, 2.05) is 0 Å². The van der Waals surface area contributed by atoms with Gasteiger partial charge < -0.3 is 10.2 Å². The lowest BCUT2D eigenvalue weighted by molar-refractivity contribution is 0.0721. The average molecular weight is 351 g/mol. The number of aromatic amines is 1. The number of aromatic nitrogens is 2. The number of hydrogen-bond donors (Lipinski definition) is 2. The van der Waals surface area contributed by atoms with E-state index in [0.29, 0.717) is 24.3 Å². The molecule has 0 spiro atoms. The second-order valence-corrected chi connectivity index (χ2v) is 6.21. The highest BCUT2D eigenvalue weighted by molar-refractivity contribution is 5.94. The third kappa shape index (κ3) is 3.16. The lowest BCUT2D eigenvalue weighted by atomic mass is 10.1. The molecule has 0 unspecified atom stereocenters. The first kappa shape index (κ1) is 16.9. The van der Waals surface area contributed by atoms with E-state index in [9.17, 15) is 9.18 Å². The standard InChI is InChI=1S/C17H19FN4O.ClH/c18-14-4-2-1-3-11(14)10-22(12-5-6-12)17(23)16-13-9-19-8-7-15(13)20-21-16;/h1-4,12,19H,5-10H2,(H,20,21);1H. The van der Waals surface area contributed by atoms with Crippen LogP contribution < -0.4 is 5.32 Å². The van der Waals surface area contributed by atoms with Crippen molar-refractivity contribution in [1.29, 1.82) is 0 Å². The van der Waals surface area contributed by atoms with Gasteiger partial charge in [-0.3, -0.25) is 9.89 Å². The molecule has 128 valence electrons. The normalized spacial score (nSPS) is 16.2. The van der Waals surface area contributed by atoms with E-state index in [-0.39, 0.29) is 30.2 Å². The highest BCUT2D eigenvalue weighted by atomic mass is 35.5. The van der Waals surface area contributed by atoms with Gasteiger partial charge in [-0.1, -0.05) is 18.2 Å². The molecule has 2 N–H and O–H groups in total. The lowest BCUT2D eigenvalue weighted by Gasteiger charge is -2.23. The number of halogens is 2. The maximum Gasteiger partial charge on any atom is 0.275 e. The van der Waals surface area contributed by atoms with E-state index >= 15 is 0 Å². The fraction of sp³-hybridized carbons (Fsp3) is 0.412. The van der Waals surface area contributed by atoms with Gasteiger partial charge in [-0.2, -0.15) is 5.10 Å². The van der Waals surface area contributed by atoms with Gasteiger partial charge in [-0.05, 0) is 18.9 Å². The summed E-state index contributed by atoms with van der Waals surface area (Å²) in [6, 6.07) is 6.84. The van der Waals surface area contributed by atoms with E-state index in [1.165, 1.54) is 6.07 Å². The highest BCUT2D eigenvalue weighted by Gasteiger charge is 2.36. The Balaban J connectivity index is 0.00000169. The minimum atomic E-state index is -0.267. The van der Waals surface area contributed by atoms with Crippen molar-refractivity contribution in [2.24, 2.45) is 0 Å². The summed E-state index contributed by atoms with van der Waals surface area (Å²) >= 11 is 0. The van der Waals surface area contributed by atoms with Crippen molar-refractivity contribution in [3.8, 4) is 0 Å². The summed E-state index contributed by atoms with van der Waals surface area (Å²) < 4.78 is 13.9. The van der Waals surface area contributed by atoms with Crippen molar-refractivity contribution in [3.63, 3.8) is 0 Å². The van der Waals surface area contributed by atoms with Crippen molar-refractivity contribution in [2.45, 2.75) is 38.4 Å². The van der Waals surface area contributed by atoms with Crippen LogP contribution in [0.3, 0.4) is 0 Å². The molecule has 1 aromatic carbocycles. The van der Waals surface area contributed by atoms with E-state index < -0.39 is 0 Å². The van der Waals surface area contributed by atoms with Gasteiger partial charge in [-0.25, -0.2) is 4.39 Å². The van der Waals surface area contributed by atoms with Gasteiger partial charge in [0.05, 0.1) is 0 Å². The molecule has 5 nitrogen and oxygen atoms in total. The number of hydrogen-bond acceptors (Lipinski definition) is 3. The van der Waals surface area contributed by atoms with Crippen molar-refractivity contribution < 1.29 is 9.18 Å². The zero-order valence-electron chi connectivity index (χ0n) is 13.2. The van der Waals surface area contributed by atoms with Crippen LogP contribution in [0.1, 0.15) is 40.2 Å². The van der Waals surface area contributed by atoms with E-state index in [4.69, 9.17) is 0 Å². The van der Waals surface area contributed by atoms with Gasteiger partial charge in [0.15, 0.2) is 5.69 Å². The molecule has 4 rings (SSSR count). The molecule has 0 atom stereocenters. The van der Waals surface area contributed by atoms with Crippen molar-refractivity contribution >= 4 is 18.3 Å². The van der Waals surface area contributed by atoms with Crippen molar-refractivity contribution in [2.75, 3.05) is 6.54 Å². The zero-order valence-corrected chi connectivity index (χ0v) is 14.0. The van der Waals surface area contributed by atoms with Crippen LogP contribution in [-0.2, 0) is 19.5 Å². The number of rotatable bonds is 4. The van der Waals surface area contributed by atoms with Crippen molar-refractivity contribution in [3.05, 3.63) is 52.6 Å². The SMILES string of the molecule is Cl.O=C(c1n[nH]c2c1CNCC2)N(Cc1ccccc1F)C1CC1. The fourth-order valence-electron chi connectivity index (χ4n) is 3.10. The molecule has 1 aliphatic carbocycles. The second-order valence-electron chi connectivity index (χ2n) is 6.21. The number of nitrogens with one attached hydrogen (secondary N) is 2. The van der Waals surface area contributed by atoms with Gasteiger partial charge in [0, 0.05) is 48.9 Å². The summed E-state index contributed by atoms with van der Waals surface area (Å²) in [6.45, 7) is 1.85. The van der Waals surface area contributed by atoms with E-state index in [1.54, 1.807) is 23.1 Å². The smallest absolute Gasteiger partial charge is 0.275 e. The summed E-state index contributed by atoms with van der Waals surface area (Å²) in [5, 5.41) is 10.5. The number of amides is 1. The Morgan fingerprint density at radius 2 is 2.12 bits per heavy atom. The number of carbonyl (C=O) groups is 1. The second kappa shape index (κ2) is 6.91. The van der Waals surface area contributed by atoms with Crippen LogP contribution in [0.25, 0.3) is 0 Å². The number of fused-ring (bicyclic) bond motifs is 1. The Morgan fingerprint density at radius 3 is 2.88 bits per heavy atom. The van der Waals surface area contributed by atoms with Crippen LogP contribution >= 0.6 is 12.4 Å². The Morgan fingerprint density at radius 1 is 1.33 bits per heavy atom. The first-order chi connectivity index (χ1) is 11.2. The third-order valence-corrected chi connectivity index (χ3v) is 4.56. The average Bonchev–Trinajstić information content (AvgIpc) is 3.32. The number of nitrogens with zero attached hydrogens (tertiary/aromatic N) is 2. The zero-order chi connectivity index (χ0) is 15.8. The molecule has 1 aromatic heterocycles. The highest BCUT2D eigenvalue weighted by Crippen LogP contribution is 2.31. The molecule has 1 fully saturated rings. The molecular formula is C17H20ClFN4O. The molecule has 7 heteroatoms. The molecule has 2 heterocycles. The predicted octanol–water partition coefficient (Wildman–Crippen LogP) is 2.42. The van der Waals surface area contributed by atoms with Gasteiger partial charge in [-0.15, -0.1) is 12.4 Å². The summed E-state index contributed by atoms with van der Waals surface area (Å²) in [5.74, 6) is -0.367. The Labute approximate surface area is 146 Å².